The van der Waals surface area contributed by atoms with Crippen molar-refractivity contribution in [2.24, 2.45) is 56.7 Å². The standard InChI is InChI=1S/C49H69F3N2O7/c1-10-31-27-34(32-26-30(49(50,51)52)12-14-35(32)54(31)43(59)60-11-2)53-39(55)16-17-40(56)61-38-20-21-45(7)36(44(38,5)6)19-22-47(9)37(45)15-13-33-41-29(4)28(3)18-23-48(41,42(57)58)25-24-46(33,47)8/h12-14,26,28-29,31,34,36-38,41H,10-11,15-25,27H2,1-9H3,(H,53,55)(H,57,58)/t28-,29+,31-,34+,36+,37-,38+,41+,45+,46-,47-,48+/m1/s1. The lowest BCUT2D eigenvalue weighted by atomic mass is 9.33. The van der Waals surface area contributed by atoms with E-state index in [-0.39, 0.29) is 76.7 Å². The van der Waals surface area contributed by atoms with E-state index < -0.39 is 53.2 Å². The zero-order valence-electron chi connectivity index (χ0n) is 37.8. The first-order valence-electron chi connectivity index (χ1n) is 23.1. The van der Waals surface area contributed by atoms with Crippen LogP contribution in [0.25, 0.3) is 0 Å². The number of benzene rings is 1. The fourth-order valence-corrected chi connectivity index (χ4v) is 14.6. The number of amides is 2. The van der Waals surface area contributed by atoms with Gasteiger partial charge in [0.25, 0.3) is 0 Å². The molecule has 7 rings (SSSR count). The summed E-state index contributed by atoms with van der Waals surface area (Å²) in [5.41, 5.74) is -0.162. The summed E-state index contributed by atoms with van der Waals surface area (Å²) in [4.78, 5) is 54.4. The molecule has 1 aliphatic heterocycles. The fraction of sp³-hybridized carbons (Fsp3) is 0.755. The highest BCUT2D eigenvalue weighted by atomic mass is 19.4. The number of rotatable bonds is 8. The summed E-state index contributed by atoms with van der Waals surface area (Å²) in [5.74, 6) is -0.0414. The molecule has 5 aliphatic carbocycles. The van der Waals surface area contributed by atoms with E-state index in [1.807, 2.05) is 6.92 Å². The molecule has 0 aromatic heterocycles. The number of carboxylic acids is 1. The largest absolute Gasteiger partial charge is 0.481 e. The molecular weight excluding hydrogens is 786 g/mol. The van der Waals surface area contributed by atoms with Crippen LogP contribution in [0, 0.1) is 56.7 Å². The van der Waals surface area contributed by atoms with E-state index in [2.05, 4.69) is 59.9 Å². The van der Waals surface area contributed by atoms with Gasteiger partial charge >= 0.3 is 24.2 Å². The second-order valence-corrected chi connectivity index (χ2v) is 21.2. The highest BCUT2D eigenvalue weighted by molar-refractivity contribution is 5.91. The Balaban J connectivity index is 1.03. The molecule has 12 heteroatoms. The van der Waals surface area contributed by atoms with Crippen LogP contribution in [0.4, 0.5) is 23.7 Å². The molecular formula is C49H69F3N2O7. The highest BCUT2D eigenvalue weighted by Crippen LogP contribution is 2.76. The Bertz CT molecular complexity index is 1950. The maximum absolute atomic E-state index is 13.8. The average molecular weight is 855 g/mol. The van der Waals surface area contributed by atoms with Gasteiger partial charge in [-0.05, 0) is 147 Å². The summed E-state index contributed by atoms with van der Waals surface area (Å²) in [6, 6.07) is 1.95. The molecule has 1 aromatic carbocycles. The third-order valence-electron chi connectivity index (χ3n) is 18.3. The Morgan fingerprint density at radius 1 is 0.918 bits per heavy atom. The minimum Gasteiger partial charge on any atom is -0.481 e. The minimum atomic E-state index is -4.63. The Morgan fingerprint density at radius 3 is 2.30 bits per heavy atom. The summed E-state index contributed by atoms with van der Waals surface area (Å²) in [6.45, 7) is 20.1. The molecule has 2 amide bonds. The van der Waals surface area contributed by atoms with Crippen molar-refractivity contribution in [3.8, 4) is 0 Å². The first kappa shape index (κ1) is 45.5. The number of fused-ring (bicyclic) bond motifs is 8. The van der Waals surface area contributed by atoms with E-state index >= 15 is 0 Å². The smallest absolute Gasteiger partial charge is 0.416 e. The van der Waals surface area contributed by atoms with E-state index in [4.69, 9.17) is 9.47 Å². The van der Waals surface area contributed by atoms with Gasteiger partial charge in [-0.1, -0.05) is 67.0 Å². The number of alkyl halides is 3. The van der Waals surface area contributed by atoms with Gasteiger partial charge in [0.15, 0.2) is 0 Å². The maximum atomic E-state index is 13.8. The number of carbonyl (C=O) groups is 4. The zero-order valence-corrected chi connectivity index (χ0v) is 37.8. The molecule has 0 spiro atoms. The van der Waals surface area contributed by atoms with Crippen LogP contribution in [0.2, 0.25) is 0 Å². The van der Waals surface area contributed by atoms with Gasteiger partial charge in [0.1, 0.15) is 6.10 Å². The maximum Gasteiger partial charge on any atom is 0.416 e. The van der Waals surface area contributed by atoms with Gasteiger partial charge in [0.05, 0.1) is 35.7 Å². The Kier molecular flexibility index (Phi) is 11.8. The third-order valence-corrected chi connectivity index (χ3v) is 18.3. The normalized spacial score (nSPS) is 38.9. The van der Waals surface area contributed by atoms with E-state index in [0.29, 0.717) is 30.6 Å². The number of halogens is 3. The summed E-state index contributed by atoms with van der Waals surface area (Å²) in [7, 11) is 0. The number of hydrogen-bond acceptors (Lipinski definition) is 6. The zero-order chi connectivity index (χ0) is 44.7. The van der Waals surface area contributed by atoms with Gasteiger partial charge in [0, 0.05) is 17.9 Å². The number of anilines is 1. The quantitative estimate of drug-likeness (QED) is 0.197. The van der Waals surface area contributed by atoms with Crippen LogP contribution in [0.1, 0.15) is 163 Å². The number of ether oxygens (including phenoxy) is 2. The molecule has 1 heterocycles. The van der Waals surface area contributed by atoms with Crippen molar-refractivity contribution in [3.05, 3.63) is 41.0 Å². The van der Waals surface area contributed by atoms with Crippen molar-refractivity contribution in [1.29, 1.82) is 0 Å². The number of carbonyl (C=O) groups excluding carboxylic acids is 3. The number of hydrogen-bond donors (Lipinski definition) is 2. The monoisotopic (exact) mass is 855 g/mol. The average Bonchev–Trinajstić information content (AvgIpc) is 3.19. The Morgan fingerprint density at radius 2 is 1.64 bits per heavy atom. The summed E-state index contributed by atoms with van der Waals surface area (Å²) >= 11 is 0. The van der Waals surface area contributed by atoms with E-state index in [0.717, 1.165) is 63.5 Å². The topological polar surface area (TPSA) is 122 Å². The lowest BCUT2D eigenvalue weighted by Crippen LogP contribution is -2.65. The molecule has 0 unspecified atom stereocenters. The number of aliphatic carboxylic acids is 1. The van der Waals surface area contributed by atoms with Crippen LogP contribution in [0.5, 0.6) is 0 Å². The molecule has 0 saturated heterocycles. The minimum absolute atomic E-state index is 0.00175. The predicted octanol–water partition coefficient (Wildman–Crippen LogP) is 11.4. The first-order chi connectivity index (χ1) is 28.5. The molecule has 61 heavy (non-hydrogen) atoms. The van der Waals surface area contributed by atoms with Crippen molar-refractivity contribution < 1.29 is 46.9 Å². The first-order valence-corrected chi connectivity index (χ1v) is 23.1. The number of carboxylic acid groups (broad SMARTS) is 1. The van der Waals surface area contributed by atoms with Crippen molar-refractivity contribution >= 4 is 29.6 Å². The van der Waals surface area contributed by atoms with Crippen molar-refractivity contribution in [3.63, 3.8) is 0 Å². The molecule has 4 fully saturated rings. The van der Waals surface area contributed by atoms with E-state index in [1.54, 1.807) is 6.92 Å². The fourth-order valence-electron chi connectivity index (χ4n) is 14.6. The van der Waals surface area contributed by atoms with Crippen molar-refractivity contribution in [1.82, 2.24) is 5.32 Å². The molecule has 0 radical (unpaired) electrons. The van der Waals surface area contributed by atoms with E-state index in [1.165, 1.54) is 16.5 Å². The summed E-state index contributed by atoms with van der Waals surface area (Å²) in [5, 5.41) is 13.6. The summed E-state index contributed by atoms with van der Waals surface area (Å²) < 4.78 is 53.0. The molecule has 0 bridgehead atoms. The van der Waals surface area contributed by atoms with Crippen LogP contribution in [-0.2, 0) is 30.0 Å². The number of esters is 1. The van der Waals surface area contributed by atoms with Crippen molar-refractivity contribution in [2.45, 2.75) is 170 Å². The molecule has 4 saturated carbocycles. The third kappa shape index (κ3) is 7.20. The summed E-state index contributed by atoms with van der Waals surface area (Å²) in [6.07, 6.45) is 5.06. The van der Waals surface area contributed by atoms with Gasteiger partial charge in [-0.25, -0.2) is 4.79 Å². The molecule has 1 aromatic rings. The molecule has 12 atom stereocenters. The lowest BCUT2D eigenvalue weighted by molar-refractivity contribution is -0.214. The van der Waals surface area contributed by atoms with Crippen LogP contribution in [-0.4, -0.2) is 47.8 Å². The number of nitrogens with one attached hydrogen (secondary N) is 1. The van der Waals surface area contributed by atoms with Gasteiger partial charge in [-0.2, -0.15) is 13.2 Å². The SMILES string of the molecule is CCOC(=O)N1c2ccc(C(F)(F)F)cc2[C@@H](NC(=O)CCC(=O)O[C@H]2CC[C@]3(C)[C@H]4CC=C5[C@@H]6[C@@H](C)[C@H](C)CC[C@]6(C(=O)O)CC[C@@]5(C)[C@]4(C)CC[C@H]3C2(C)C)C[C@H]1CC. The van der Waals surface area contributed by atoms with Crippen LogP contribution in [0.3, 0.4) is 0 Å². The van der Waals surface area contributed by atoms with Gasteiger partial charge in [-0.15, -0.1) is 0 Å². The van der Waals surface area contributed by atoms with Gasteiger partial charge in [-0.3, -0.25) is 19.3 Å². The molecule has 9 nitrogen and oxygen atoms in total. The van der Waals surface area contributed by atoms with Gasteiger partial charge < -0.3 is 19.9 Å². The lowest BCUT2D eigenvalue weighted by Gasteiger charge is -2.71. The second-order valence-electron chi connectivity index (χ2n) is 21.2. The Hall–Kier alpha value is -3.57. The van der Waals surface area contributed by atoms with Crippen LogP contribution in [0.15, 0.2) is 29.8 Å². The molecule has 338 valence electrons. The highest BCUT2D eigenvalue weighted by Gasteiger charge is 2.70. The predicted molar refractivity (Wildman–Crippen MR) is 226 cm³/mol. The van der Waals surface area contributed by atoms with E-state index in [9.17, 15) is 37.5 Å². The van der Waals surface area contributed by atoms with Gasteiger partial charge in [0.2, 0.25) is 5.91 Å². The Labute approximate surface area is 360 Å². The number of nitrogens with zero attached hydrogens (tertiary/aromatic N) is 1. The second kappa shape index (κ2) is 15.9. The molecule has 6 aliphatic rings. The van der Waals surface area contributed by atoms with Crippen molar-refractivity contribution in [2.75, 3.05) is 11.5 Å². The number of allylic oxidation sites excluding steroid dienone is 2. The molecule has 2 N–H and O–H groups in total. The van der Waals surface area contributed by atoms with Crippen LogP contribution < -0.4 is 10.2 Å². The van der Waals surface area contributed by atoms with Crippen LogP contribution >= 0.6 is 0 Å².